The number of amides is 2. The van der Waals surface area contributed by atoms with Crippen LogP contribution in [0.1, 0.15) is 28.7 Å². The normalized spacial score (nSPS) is 18.7. The lowest BCUT2D eigenvalue weighted by Gasteiger charge is -2.36. The highest BCUT2D eigenvalue weighted by Crippen LogP contribution is 2.50. The molecule has 0 saturated heterocycles. The summed E-state index contributed by atoms with van der Waals surface area (Å²) < 4.78 is 42.4. The van der Waals surface area contributed by atoms with Crippen LogP contribution in [0.5, 0.6) is 0 Å². The van der Waals surface area contributed by atoms with Gasteiger partial charge in [-0.05, 0) is 72.2 Å². The number of carbonyl (C=O) groups excluding carboxylic acids is 2. The number of para-hydroxylation sites is 1. The molecule has 0 bridgehead atoms. The predicted octanol–water partition coefficient (Wildman–Crippen LogP) is 5.58. The first kappa shape index (κ1) is 25.7. The van der Waals surface area contributed by atoms with Gasteiger partial charge in [-0.2, -0.15) is 0 Å². The van der Waals surface area contributed by atoms with Crippen LogP contribution in [0.4, 0.5) is 10.1 Å². The number of aryl methyl sites for hydroxylation is 1. The lowest BCUT2D eigenvalue weighted by atomic mass is 9.75. The van der Waals surface area contributed by atoms with E-state index >= 15 is 0 Å². The summed E-state index contributed by atoms with van der Waals surface area (Å²) in [5.74, 6) is -1.57. The van der Waals surface area contributed by atoms with Crippen molar-refractivity contribution in [3.8, 4) is 0 Å². The van der Waals surface area contributed by atoms with Gasteiger partial charge in [-0.1, -0.05) is 66.2 Å². The van der Waals surface area contributed by atoms with E-state index in [9.17, 15) is 22.4 Å². The first-order valence-corrected chi connectivity index (χ1v) is 14.2. The number of hydrogen-bond acceptors (Lipinski definition) is 4. The van der Waals surface area contributed by atoms with Crippen LogP contribution < -0.4 is 4.90 Å². The maximum atomic E-state index is 14.3. The van der Waals surface area contributed by atoms with Crippen molar-refractivity contribution in [1.29, 1.82) is 0 Å². The fraction of sp³-hybridized carbons (Fsp3) is 0.125. The fourth-order valence-corrected chi connectivity index (χ4v) is 6.91. The number of halogens is 1. The summed E-state index contributed by atoms with van der Waals surface area (Å²) in [7, 11) is -4.34. The summed E-state index contributed by atoms with van der Waals surface area (Å²) in [5, 5.41) is 0. The number of carbonyl (C=O) groups is 2. The molecule has 0 aromatic heterocycles. The van der Waals surface area contributed by atoms with Gasteiger partial charge in [0.15, 0.2) is 0 Å². The van der Waals surface area contributed by atoms with E-state index in [1.54, 1.807) is 35.2 Å². The number of sulfonamides is 1. The molecule has 0 saturated carbocycles. The van der Waals surface area contributed by atoms with Gasteiger partial charge in [0.05, 0.1) is 23.6 Å². The van der Waals surface area contributed by atoms with Crippen LogP contribution in [-0.2, 0) is 31.6 Å². The Kier molecular flexibility index (Phi) is 6.15. The molecule has 0 radical (unpaired) electrons. The number of fused-ring (bicyclic) bond motifs is 2. The standard InChI is InChI=1S/C32H25FN2O4S/c1-22-11-17-26(18-12-22)40(38,39)35-29(24-13-15-25(33)16-14-24)19-32(20-30(35)36)27-9-5-6-10-28(27)34(31(32)37)21-23-7-3-2-4-8-23/h2-19H,20-21H2,1H3/t32-/m0/s1. The third-order valence-corrected chi connectivity index (χ3v) is 9.19. The molecule has 0 unspecified atom stereocenters. The van der Waals surface area contributed by atoms with Crippen LogP contribution >= 0.6 is 0 Å². The van der Waals surface area contributed by atoms with Crippen molar-refractivity contribution in [2.45, 2.75) is 30.2 Å². The summed E-state index contributed by atoms with van der Waals surface area (Å²) >= 11 is 0. The maximum Gasteiger partial charge on any atom is 0.270 e. The van der Waals surface area contributed by atoms with E-state index in [1.165, 1.54) is 36.4 Å². The van der Waals surface area contributed by atoms with Crippen molar-refractivity contribution in [1.82, 2.24) is 4.31 Å². The molecule has 6 nitrogen and oxygen atoms in total. The Morgan fingerprint density at radius 1 is 0.825 bits per heavy atom. The lowest BCUT2D eigenvalue weighted by molar-refractivity contribution is -0.131. The van der Waals surface area contributed by atoms with Gasteiger partial charge in [-0.25, -0.2) is 17.1 Å². The van der Waals surface area contributed by atoms with Gasteiger partial charge in [0.25, 0.3) is 10.0 Å². The van der Waals surface area contributed by atoms with Gasteiger partial charge in [0.1, 0.15) is 11.2 Å². The van der Waals surface area contributed by atoms with E-state index < -0.39 is 27.2 Å². The molecule has 6 rings (SSSR count). The molecule has 0 aliphatic carbocycles. The van der Waals surface area contributed by atoms with Crippen LogP contribution in [0.15, 0.2) is 114 Å². The molecule has 1 spiro atoms. The minimum atomic E-state index is -4.34. The average Bonchev–Trinajstić information content (AvgIpc) is 3.16. The Hall–Kier alpha value is -4.56. The lowest BCUT2D eigenvalue weighted by Crippen LogP contribution is -2.48. The van der Waals surface area contributed by atoms with Gasteiger partial charge in [0.2, 0.25) is 11.8 Å². The average molecular weight is 553 g/mol. The summed E-state index contributed by atoms with van der Waals surface area (Å²) in [6, 6.07) is 28.2. The molecule has 200 valence electrons. The fourth-order valence-electron chi connectivity index (χ4n) is 5.47. The van der Waals surface area contributed by atoms with E-state index in [0.717, 1.165) is 15.4 Å². The Balaban J connectivity index is 1.55. The number of anilines is 1. The van der Waals surface area contributed by atoms with E-state index in [2.05, 4.69) is 0 Å². The van der Waals surface area contributed by atoms with Crippen molar-refractivity contribution in [3.63, 3.8) is 0 Å². The minimum Gasteiger partial charge on any atom is -0.307 e. The first-order valence-electron chi connectivity index (χ1n) is 12.8. The predicted molar refractivity (Wildman–Crippen MR) is 150 cm³/mol. The number of benzene rings is 4. The van der Waals surface area contributed by atoms with Crippen molar-refractivity contribution < 1.29 is 22.4 Å². The number of hydrogen-bond donors (Lipinski definition) is 0. The number of rotatable bonds is 5. The van der Waals surface area contributed by atoms with Crippen molar-refractivity contribution >= 4 is 33.2 Å². The van der Waals surface area contributed by atoms with E-state index in [0.29, 0.717) is 16.8 Å². The zero-order valence-electron chi connectivity index (χ0n) is 21.6. The monoisotopic (exact) mass is 552 g/mol. The third kappa shape index (κ3) is 4.12. The Morgan fingerprint density at radius 2 is 1.48 bits per heavy atom. The molecule has 2 aliphatic heterocycles. The quantitative estimate of drug-likeness (QED) is 0.324. The van der Waals surface area contributed by atoms with E-state index in [4.69, 9.17) is 0 Å². The largest absolute Gasteiger partial charge is 0.307 e. The Labute approximate surface area is 232 Å². The zero-order chi connectivity index (χ0) is 28.1. The second kappa shape index (κ2) is 9.57. The maximum absolute atomic E-state index is 14.3. The van der Waals surface area contributed by atoms with E-state index in [1.807, 2.05) is 49.4 Å². The highest BCUT2D eigenvalue weighted by Gasteiger charge is 2.55. The van der Waals surface area contributed by atoms with Gasteiger partial charge < -0.3 is 4.90 Å². The Bertz CT molecular complexity index is 1770. The molecule has 2 amide bonds. The van der Waals surface area contributed by atoms with Crippen LogP contribution in [0.25, 0.3) is 5.70 Å². The molecular weight excluding hydrogens is 527 g/mol. The van der Waals surface area contributed by atoms with Crippen LogP contribution in [0.2, 0.25) is 0 Å². The molecular formula is C32H25FN2O4S. The highest BCUT2D eigenvalue weighted by atomic mass is 32.2. The zero-order valence-corrected chi connectivity index (χ0v) is 22.4. The van der Waals surface area contributed by atoms with Crippen LogP contribution in [-0.4, -0.2) is 24.5 Å². The molecule has 0 fully saturated rings. The molecule has 2 heterocycles. The van der Waals surface area contributed by atoms with Gasteiger partial charge in [0, 0.05) is 5.69 Å². The molecule has 1 atom stereocenters. The smallest absolute Gasteiger partial charge is 0.270 e. The SMILES string of the molecule is Cc1ccc(S(=O)(=O)N2C(=O)C[C@]3(C=C2c2ccc(F)cc2)C(=O)N(Cc2ccccc2)c2ccccc23)cc1. The van der Waals surface area contributed by atoms with Crippen molar-refractivity contribution in [3.05, 3.63) is 137 Å². The Morgan fingerprint density at radius 3 is 2.17 bits per heavy atom. The molecule has 4 aromatic carbocycles. The van der Waals surface area contributed by atoms with Crippen LogP contribution in [0.3, 0.4) is 0 Å². The summed E-state index contributed by atoms with van der Waals surface area (Å²) in [4.78, 5) is 29.8. The van der Waals surface area contributed by atoms with Gasteiger partial charge >= 0.3 is 0 Å². The third-order valence-electron chi connectivity index (χ3n) is 7.44. The van der Waals surface area contributed by atoms with Crippen molar-refractivity contribution in [2.75, 3.05) is 4.90 Å². The molecule has 2 aliphatic rings. The molecule has 40 heavy (non-hydrogen) atoms. The summed E-state index contributed by atoms with van der Waals surface area (Å²) in [6.07, 6.45) is 1.20. The van der Waals surface area contributed by atoms with Gasteiger partial charge in [-0.3, -0.25) is 9.59 Å². The highest BCUT2D eigenvalue weighted by molar-refractivity contribution is 7.90. The van der Waals surface area contributed by atoms with Gasteiger partial charge in [-0.15, -0.1) is 0 Å². The summed E-state index contributed by atoms with van der Waals surface area (Å²) in [6.45, 7) is 2.12. The first-order chi connectivity index (χ1) is 19.2. The minimum absolute atomic E-state index is 0.0153. The van der Waals surface area contributed by atoms with E-state index in [-0.39, 0.29) is 29.5 Å². The second-order valence-electron chi connectivity index (χ2n) is 10.1. The van der Waals surface area contributed by atoms with Crippen LogP contribution in [0, 0.1) is 12.7 Å². The molecule has 4 aromatic rings. The molecule has 0 N–H and O–H groups in total. The topological polar surface area (TPSA) is 74.8 Å². The second-order valence-corrected chi connectivity index (χ2v) is 11.8. The van der Waals surface area contributed by atoms with Crippen molar-refractivity contribution in [2.24, 2.45) is 0 Å². The number of nitrogens with zero attached hydrogens (tertiary/aromatic N) is 2. The summed E-state index contributed by atoms with van der Waals surface area (Å²) in [5.41, 5.74) is 1.95. The molecule has 8 heteroatoms.